The molecule has 3 rings (SSSR count). The van der Waals surface area contributed by atoms with E-state index in [1.165, 1.54) is 33.4 Å². The molecule has 0 fully saturated rings. The van der Waals surface area contributed by atoms with Crippen LogP contribution in [0.5, 0.6) is 5.75 Å². The van der Waals surface area contributed by atoms with Crippen molar-refractivity contribution in [1.82, 2.24) is 0 Å². The van der Waals surface area contributed by atoms with Crippen LogP contribution in [-0.2, 0) is 17.3 Å². The van der Waals surface area contributed by atoms with Crippen molar-refractivity contribution in [3.63, 3.8) is 0 Å². The second-order valence-corrected chi connectivity index (χ2v) is 8.69. The maximum atomic E-state index is 5.95. The van der Waals surface area contributed by atoms with E-state index in [0.717, 1.165) is 12.2 Å². The van der Waals surface area contributed by atoms with Gasteiger partial charge in [-0.15, -0.1) is 0 Å². The molecule has 0 unspecified atom stereocenters. The van der Waals surface area contributed by atoms with Crippen molar-refractivity contribution in [3.8, 4) is 16.9 Å². The van der Waals surface area contributed by atoms with Gasteiger partial charge in [0.25, 0.3) is 0 Å². The van der Waals surface area contributed by atoms with Crippen LogP contribution in [0.25, 0.3) is 11.1 Å². The van der Waals surface area contributed by atoms with Crippen LogP contribution in [0, 0.1) is 0 Å². The lowest BCUT2D eigenvalue weighted by Gasteiger charge is -2.31. The van der Waals surface area contributed by atoms with Crippen molar-refractivity contribution in [3.05, 3.63) is 52.6 Å². The fourth-order valence-corrected chi connectivity index (χ4v) is 3.82. The molecule has 122 valence electrons. The third-order valence-electron chi connectivity index (χ3n) is 4.82. The highest BCUT2D eigenvalue weighted by atomic mass is 16.5. The van der Waals surface area contributed by atoms with Gasteiger partial charge in [0.05, 0.1) is 7.11 Å². The van der Waals surface area contributed by atoms with E-state index in [1.807, 2.05) is 7.11 Å². The van der Waals surface area contributed by atoms with Crippen LogP contribution in [-0.4, -0.2) is 7.11 Å². The Morgan fingerprint density at radius 2 is 1.52 bits per heavy atom. The first-order chi connectivity index (χ1) is 10.6. The Morgan fingerprint density at radius 1 is 0.870 bits per heavy atom. The average Bonchev–Trinajstić information content (AvgIpc) is 2.81. The summed E-state index contributed by atoms with van der Waals surface area (Å²) in [6, 6.07) is 11.2. The van der Waals surface area contributed by atoms with Crippen molar-refractivity contribution < 1.29 is 4.74 Å². The van der Waals surface area contributed by atoms with Gasteiger partial charge in [0.1, 0.15) is 5.75 Å². The summed E-state index contributed by atoms with van der Waals surface area (Å²) in [7, 11) is 1.81. The number of ether oxygens (including phenoxy) is 1. The molecule has 1 aliphatic carbocycles. The SMILES string of the molecule is COc1c(C(C)(C)C)cc2c(c1C(C)(C)C)Cc1ccccc1-2. The highest BCUT2D eigenvalue weighted by Crippen LogP contribution is 2.49. The summed E-state index contributed by atoms with van der Waals surface area (Å²) in [6.07, 6.45) is 1.01. The monoisotopic (exact) mass is 308 g/mol. The molecule has 0 bridgehead atoms. The summed E-state index contributed by atoms with van der Waals surface area (Å²) in [5, 5.41) is 0. The normalized spacial score (nSPS) is 13.7. The van der Waals surface area contributed by atoms with Crippen LogP contribution in [0.4, 0.5) is 0 Å². The number of methoxy groups -OCH3 is 1. The first-order valence-electron chi connectivity index (χ1n) is 8.47. The first-order valence-corrected chi connectivity index (χ1v) is 8.47. The van der Waals surface area contributed by atoms with E-state index in [0.29, 0.717) is 0 Å². The van der Waals surface area contributed by atoms with Crippen molar-refractivity contribution >= 4 is 0 Å². The van der Waals surface area contributed by atoms with Gasteiger partial charge >= 0.3 is 0 Å². The number of benzene rings is 2. The van der Waals surface area contributed by atoms with Crippen LogP contribution >= 0.6 is 0 Å². The summed E-state index contributed by atoms with van der Waals surface area (Å²) in [5.41, 5.74) is 8.46. The Balaban J connectivity index is 2.41. The maximum absolute atomic E-state index is 5.95. The zero-order valence-electron chi connectivity index (χ0n) is 15.5. The van der Waals surface area contributed by atoms with Crippen LogP contribution in [0.3, 0.4) is 0 Å². The molecule has 2 aromatic rings. The van der Waals surface area contributed by atoms with Crippen molar-refractivity contribution in [2.24, 2.45) is 0 Å². The molecule has 0 saturated carbocycles. The zero-order chi connectivity index (χ0) is 17.0. The molecule has 0 amide bonds. The molecule has 1 heteroatoms. The molecule has 23 heavy (non-hydrogen) atoms. The van der Waals surface area contributed by atoms with E-state index in [4.69, 9.17) is 4.74 Å². The fraction of sp³-hybridized carbons (Fsp3) is 0.455. The van der Waals surface area contributed by atoms with E-state index < -0.39 is 0 Å². The minimum Gasteiger partial charge on any atom is -0.496 e. The molecule has 1 nitrogen and oxygen atoms in total. The van der Waals surface area contributed by atoms with Gasteiger partial charge in [-0.1, -0.05) is 65.8 Å². The van der Waals surface area contributed by atoms with Crippen LogP contribution < -0.4 is 4.74 Å². The maximum Gasteiger partial charge on any atom is 0.126 e. The van der Waals surface area contributed by atoms with Gasteiger partial charge < -0.3 is 4.74 Å². The molecule has 2 aromatic carbocycles. The lowest BCUT2D eigenvalue weighted by molar-refractivity contribution is 0.380. The van der Waals surface area contributed by atoms with Crippen molar-refractivity contribution in [2.75, 3.05) is 7.11 Å². The molecular weight excluding hydrogens is 280 g/mol. The highest BCUT2D eigenvalue weighted by molar-refractivity contribution is 5.81. The summed E-state index contributed by atoms with van der Waals surface area (Å²) in [5.74, 6) is 1.08. The van der Waals surface area contributed by atoms with Gasteiger partial charge in [-0.25, -0.2) is 0 Å². The highest BCUT2D eigenvalue weighted by Gasteiger charge is 2.34. The molecule has 0 aromatic heterocycles. The van der Waals surface area contributed by atoms with E-state index in [2.05, 4.69) is 71.9 Å². The largest absolute Gasteiger partial charge is 0.496 e. The van der Waals surface area contributed by atoms with Gasteiger partial charge in [0.2, 0.25) is 0 Å². The minimum atomic E-state index is 0.0535. The van der Waals surface area contributed by atoms with E-state index in [-0.39, 0.29) is 10.8 Å². The lowest BCUT2D eigenvalue weighted by Crippen LogP contribution is -2.21. The van der Waals surface area contributed by atoms with Crippen LogP contribution in [0.15, 0.2) is 30.3 Å². The van der Waals surface area contributed by atoms with Gasteiger partial charge in [-0.05, 0) is 45.6 Å². The molecular formula is C22H28O. The molecule has 0 spiro atoms. The molecule has 0 heterocycles. The van der Waals surface area contributed by atoms with Crippen molar-refractivity contribution in [2.45, 2.75) is 58.8 Å². The summed E-state index contributed by atoms with van der Waals surface area (Å²) < 4.78 is 5.95. The fourth-order valence-electron chi connectivity index (χ4n) is 3.82. The standard InChI is InChI=1S/C22H28O/c1-21(2,3)18-13-16-15-11-9-8-10-14(15)12-17(16)19(20(18)23-7)22(4,5)6/h8-11,13H,12H2,1-7H3. The molecule has 0 aliphatic heterocycles. The van der Waals surface area contributed by atoms with Gasteiger partial charge in [-0.2, -0.15) is 0 Å². The van der Waals surface area contributed by atoms with Crippen LogP contribution in [0.1, 0.15) is 63.8 Å². The first kappa shape index (κ1) is 16.1. The second-order valence-electron chi connectivity index (χ2n) is 8.69. The van der Waals surface area contributed by atoms with E-state index >= 15 is 0 Å². The third-order valence-corrected chi connectivity index (χ3v) is 4.82. The Bertz CT molecular complexity index is 755. The smallest absolute Gasteiger partial charge is 0.126 e. The predicted octanol–water partition coefficient (Wildman–Crippen LogP) is 5.86. The molecule has 0 atom stereocenters. The Kier molecular flexibility index (Phi) is 3.59. The Morgan fingerprint density at radius 3 is 2.09 bits per heavy atom. The van der Waals surface area contributed by atoms with Crippen LogP contribution in [0.2, 0.25) is 0 Å². The molecule has 0 N–H and O–H groups in total. The minimum absolute atomic E-state index is 0.0535. The van der Waals surface area contributed by atoms with Gasteiger partial charge in [0, 0.05) is 11.1 Å². The van der Waals surface area contributed by atoms with Gasteiger partial charge in [-0.3, -0.25) is 0 Å². The number of hydrogen-bond acceptors (Lipinski definition) is 1. The molecule has 0 radical (unpaired) electrons. The third kappa shape index (κ3) is 2.56. The second kappa shape index (κ2) is 5.12. The lowest BCUT2D eigenvalue weighted by atomic mass is 9.75. The Hall–Kier alpha value is -1.76. The number of fused-ring (bicyclic) bond motifs is 3. The predicted molar refractivity (Wildman–Crippen MR) is 98.6 cm³/mol. The molecule has 1 aliphatic rings. The topological polar surface area (TPSA) is 9.23 Å². The number of rotatable bonds is 1. The quantitative estimate of drug-likeness (QED) is 0.547. The molecule has 0 saturated heterocycles. The Labute approximate surface area is 140 Å². The number of hydrogen-bond donors (Lipinski definition) is 0. The van der Waals surface area contributed by atoms with E-state index in [9.17, 15) is 0 Å². The summed E-state index contributed by atoms with van der Waals surface area (Å²) >= 11 is 0. The average molecular weight is 308 g/mol. The van der Waals surface area contributed by atoms with Crippen molar-refractivity contribution in [1.29, 1.82) is 0 Å². The summed E-state index contributed by atoms with van der Waals surface area (Å²) in [6.45, 7) is 13.7. The summed E-state index contributed by atoms with van der Waals surface area (Å²) in [4.78, 5) is 0. The van der Waals surface area contributed by atoms with E-state index in [1.54, 1.807) is 0 Å². The van der Waals surface area contributed by atoms with Gasteiger partial charge in [0.15, 0.2) is 0 Å². The zero-order valence-corrected chi connectivity index (χ0v) is 15.5.